The number of methoxy groups -OCH3 is 1. The van der Waals surface area contributed by atoms with Crippen molar-refractivity contribution in [3.8, 4) is 0 Å². The molecule has 0 saturated carbocycles. The minimum absolute atomic E-state index is 0.00178. The monoisotopic (exact) mass is 343 g/mol. The maximum atomic E-state index is 12.5. The fourth-order valence-corrected chi connectivity index (χ4v) is 4.07. The molecule has 0 aromatic carbocycles. The highest BCUT2D eigenvalue weighted by Crippen LogP contribution is 2.39. The third-order valence-corrected chi connectivity index (χ3v) is 5.06. The third-order valence-electron chi connectivity index (χ3n) is 3.86. The standard InChI is InChI=1S/C15H13N5O3S/c1-23-14(22)10-8-4-2-5-9(8)24-13(10)18-12(21)11-17-15-16-6-3-7-20(15)19-11/h3,6-7H,2,4-5H2,1H3,(H,18,21). The Hall–Kier alpha value is -2.81. The molecule has 3 heterocycles. The summed E-state index contributed by atoms with van der Waals surface area (Å²) in [5, 5.41) is 7.32. The van der Waals surface area contributed by atoms with Crippen molar-refractivity contribution in [1.82, 2.24) is 19.6 Å². The molecule has 4 rings (SSSR count). The van der Waals surface area contributed by atoms with E-state index in [9.17, 15) is 9.59 Å². The van der Waals surface area contributed by atoms with Gasteiger partial charge in [0.05, 0.1) is 12.7 Å². The van der Waals surface area contributed by atoms with Crippen LogP contribution in [0.25, 0.3) is 5.78 Å². The van der Waals surface area contributed by atoms with Crippen LogP contribution in [-0.4, -0.2) is 38.6 Å². The first-order valence-electron chi connectivity index (χ1n) is 7.39. The van der Waals surface area contributed by atoms with Gasteiger partial charge in [-0.3, -0.25) is 4.79 Å². The van der Waals surface area contributed by atoms with Gasteiger partial charge in [0.15, 0.2) is 0 Å². The van der Waals surface area contributed by atoms with Gasteiger partial charge in [-0.1, -0.05) is 0 Å². The fraction of sp³-hybridized carbons (Fsp3) is 0.267. The molecular weight excluding hydrogens is 330 g/mol. The largest absolute Gasteiger partial charge is 0.465 e. The number of amides is 1. The van der Waals surface area contributed by atoms with Crippen LogP contribution in [0.5, 0.6) is 0 Å². The summed E-state index contributed by atoms with van der Waals surface area (Å²) in [6, 6.07) is 1.70. The summed E-state index contributed by atoms with van der Waals surface area (Å²) in [4.78, 5) is 33.8. The summed E-state index contributed by atoms with van der Waals surface area (Å²) in [5.74, 6) is -0.581. The minimum Gasteiger partial charge on any atom is -0.465 e. The number of fused-ring (bicyclic) bond motifs is 2. The molecule has 0 fully saturated rings. The number of nitrogens with one attached hydrogen (secondary N) is 1. The summed E-state index contributed by atoms with van der Waals surface area (Å²) in [6.07, 6.45) is 5.98. The van der Waals surface area contributed by atoms with Crippen LogP contribution in [-0.2, 0) is 17.6 Å². The Morgan fingerprint density at radius 1 is 1.38 bits per heavy atom. The van der Waals surface area contributed by atoms with Crippen molar-refractivity contribution in [2.45, 2.75) is 19.3 Å². The first-order chi connectivity index (χ1) is 11.7. The van der Waals surface area contributed by atoms with Crippen LogP contribution in [0.2, 0.25) is 0 Å². The molecule has 0 unspecified atom stereocenters. The molecule has 122 valence electrons. The number of hydrogen-bond donors (Lipinski definition) is 1. The lowest BCUT2D eigenvalue weighted by Crippen LogP contribution is -2.16. The van der Waals surface area contributed by atoms with Crippen molar-refractivity contribution in [3.63, 3.8) is 0 Å². The first kappa shape index (κ1) is 14.8. The van der Waals surface area contributed by atoms with E-state index in [1.165, 1.54) is 23.0 Å². The van der Waals surface area contributed by atoms with Crippen molar-refractivity contribution >= 4 is 34.0 Å². The van der Waals surface area contributed by atoms with Crippen LogP contribution in [0.4, 0.5) is 5.00 Å². The molecule has 0 aliphatic heterocycles. The average Bonchev–Trinajstić information content (AvgIpc) is 3.27. The van der Waals surface area contributed by atoms with Crippen molar-refractivity contribution in [2.24, 2.45) is 0 Å². The second-order valence-corrected chi connectivity index (χ2v) is 6.41. The maximum absolute atomic E-state index is 12.5. The van der Waals surface area contributed by atoms with Crippen LogP contribution in [0, 0.1) is 0 Å². The predicted octanol–water partition coefficient (Wildman–Crippen LogP) is 1.71. The summed E-state index contributed by atoms with van der Waals surface area (Å²) in [7, 11) is 1.34. The molecule has 9 heteroatoms. The van der Waals surface area contributed by atoms with Gasteiger partial charge in [0.1, 0.15) is 5.00 Å². The molecular formula is C15H13N5O3S. The van der Waals surface area contributed by atoms with E-state index in [0.717, 1.165) is 29.7 Å². The summed E-state index contributed by atoms with van der Waals surface area (Å²) in [5.41, 5.74) is 1.43. The number of carbonyl (C=O) groups excluding carboxylic acids is 2. The molecule has 1 N–H and O–H groups in total. The molecule has 3 aromatic rings. The fourth-order valence-electron chi connectivity index (χ4n) is 2.80. The number of aromatic nitrogens is 4. The topological polar surface area (TPSA) is 98.5 Å². The minimum atomic E-state index is -0.481. The molecule has 0 atom stereocenters. The van der Waals surface area contributed by atoms with Crippen LogP contribution >= 0.6 is 11.3 Å². The zero-order chi connectivity index (χ0) is 16.7. The van der Waals surface area contributed by atoms with Crippen molar-refractivity contribution in [3.05, 3.63) is 40.3 Å². The number of esters is 1. The molecule has 1 aliphatic carbocycles. The average molecular weight is 343 g/mol. The number of thiophene rings is 1. The lowest BCUT2D eigenvalue weighted by molar-refractivity contribution is 0.0601. The van der Waals surface area contributed by atoms with E-state index >= 15 is 0 Å². The van der Waals surface area contributed by atoms with E-state index in [1.54, 1.807) is 18.5 Å². The van der Waals surface area contributed by atoms with Crippen LogP contribution in [0.1, 0.15) is 37.8 Å². The Bertz CT molecular complexity index is 928. The second kappa shape index (κ2) is 5.68. The van der Waals surface area contributed by atoms with Crippen molar-refractivity contribution in [2.75, 3.05) is 12.4 Å². The van der Waals surface area contributed by atoms with Gasteiger partial charge in [0.2, 0.25) is 5.82 Å². The second-order valence-electron chi connectivity index (χ2n) is 5.31. The molecule has 0 radical (unpaired) electrons. The van der Waals surface area contributed by atoms with Crippen LogP contribution < -0.4 is 5.32 Å². The quantitative estimate of drug-likeness (QED) is 0.727. The number of hydrogen-bond acceptors (Lipinski definition) is 7. The number of ether oxygens (including phenoxy) is 1. The third kappa shape index (κ3) is 2.33. The van der Waals surface area contributed by atoms with Crippen molar-refractivity contribution in [1.29, 1.82) is 0 Å². The summed E-state index contributed by atoms with van der Waals surface area (Å²) in [6.45, 7) is 0. The molecule has 8 nitrogen and oxygen atoms in total. The Labute approximate surface area is 140 Å². The highest BCUT2D eigenvalue weighted by Gasteiger charge is 2.28. The first-order valence-corrected chi connectivity index (χ1v) is 8.20. The van der Waals surface area contributed by atoms with Gasteiger partial charge in [0.25, 0.3) is 11.7 Å². The molecule has 0 saturated heterocycles. The van der Waals surface area contributed by atoms with E-state index in [2.05, 4.69) is 20.4 Å². The zero-order valence-electron chi connectivity index (χ0n) is 12.8. The number of anilines is 1. The van der Waals surface area contributed by atoms with Crippen LogP contribution in [0.15, 0.2) is 18.5 Å². The van der Waals surface area contributed by atoms with E-state index in [-0.39, 0.29) is 5.82 Å². The highest BCUT2D eigenvalue weighted by molar-refractivity contribution is 7.17. The molecule has 24 heavy (non-hydrogen) atoms. The van der Waals surface area contributed by atoms with Gasteiger partial charge in [-0.05, 0) is 30.9 Å². The van der Waals surface area contributed by atoms with Gasteiger partial charge in [-0.25, -0.2) is 14.3 Å². The van der Waals surface area contributed by atoms with E-state index in [4.69, 9.17) is 4.74 Å². The molecule has 1 amide bonds. The number of rotatable bonds is 3. The smallest absolute Gasteiger partial charge is 0.341 e. The van der Waals surface area contributed by atoms with E-state index < -0.39 is 11.9 Å². The molecule has 1 aliphatic rings. The Morgan fingerprint density at radius 2 is 2.25 bits per heavy atom. The Balaban J connectivity index is 1.67. The molecule has 3 aromatic heterocycles. The molecule has 0 bridgehead atoms. The van der Waals surface area contributed by atoms with Gasteiger partial charge >= 0.3 is 5.97 Å². The van der Waals surface area contributed by atoms with E-state index in [1.807, 2.05) is 0 Å². The normalized spacial score (nSPS) is 13.0. The van der Waals surface area contributed by atoms with Crippen molar-refractivity contribution < 1.29 is 14.3 Å². The van der Waals surface area contributed by atoms with Crippen LogP contribution in [0.3, 0.4) is 0 Å². The van der Waals surface area contributed by atoms with Gasteiger partial charge in [-0.2, -0.15) is 4.98 Å². The Kier molecular flexibility index (Phi) is 3.49. The highest BCUT2D eigenvalue weighted by atomic mass is 32.1. The summed E-state index contributed by atoms with van der Waals surface area (Å²) >= 11 is 1.41. The number of carbonyl (C=O) groups is 2. The lowest BCUT2D eigenvalue weighted by atomic mass is 10.1. The molecule has 0 spiro atoms. The van der Waals surface area contributed by atoms with Gasteiger partial charge < -0.3 is 10.1 Å². The SMILES string of the molecule is COC(=O)c1c(NC(=O)c2nc3ncccn3n2)sc2c1CCC2. The zero-order valence-corrected chi connectivity index (χ0v) is 13.6. The van der Waals surface area contributed by atoms with E-state index in [0.29, 0.717) is 16.3 Å². The maximum Gasteiger partial charge on any atom is 0.341 e. The Morgan fingerprint density at radius 3 is 3.04 bits per heavy atom. The number of nitrogens with zero attached hydrogens (tertiary/aromatic N) is 4. The number of aryl methyl sites for hydroxylation is 1. The van der Waals surface area contributed by atoms with Gasteiger partial charge in [0, 0.05) is 17.3 Å². The van der Waals surface area contributed by atoms with Gasteiger partial charge in [-0.15, -0.1) is 16.4 Å². The predicted molar refractivity (Wildman–Crippen MR) is 86.4 cm³/mol. The lowest BCUT2D eigenvalue weighted by Gasteiger charge is -2.05. The summed E-state index contributed by atoms with van der Waals surface area (Å²) < 4.78 is 6.29.